The Kier molecular flexibility index (Phi) is 2.85. The molecule has 1 aromatic rings. The number of rotatable bonds is 1. The smallest absolute Gasteiger partial charge is 0.270 e. The van der Waals surface area contributed by atoms with Crippen LogP contribution in [0.3, 0.4) is 0 Å². The molecule has 1 rings (SSSR count). The summed E-state index contributed by atoms with van der Waals surface area (Å²) in [6, 6.07) is 3.73. The number of amides is 1. The minimum atomic E-state index is -0.633. The van der Waals surface area contributed by atoms with Gasteiger partial charge in [-0.05, 0) is 18.2 Å². The highest BCUT2D eigenvalue weighted by Gasteiger charge is 2.13. The zero-order chi connectivity index (χ0) is 10.0. The van der Waals surface area contributed by atoms with E-state index in [2.05, 4.69) is 0 Å². The fraction of sp³-hybridized carbons (Fsp3) is 0.125. The van der Waals surface area contributed by atoms with E-state index in [-0.39, 0.29) is 5.56 Å². The second-order valence-electron chi connectivity index (χ2n) is 2.54. The lowest BCUT2D eigenvalue weighted by Crippen LogP contribution is -2.33. The molecule has 0 saturated heterocycles. The Morgan fingerprint density at radius 3 is 2.77 bits per heavy atom. The van der Waals surface area contributed by atoms with Crippen molar-refractivity contribution in [1.82, 2.24) is 5.01 Å². The molecule has 0 spiro atoms. The summed E-state index contributed by atoms with van der Waals surface area (Å²) in [5, 5.41) is 1.10. The summed E-state index contributed by atoms with van der Waals surface area (Å²) in [6.07, 6.45) is 0. The van der Waals surface area contributed by atoms with Gasteiger partial charge in [0.05, 0.1) is 5.56 Å². The van der Waals surface area contributed by atoms with Gasteiger partial charge in [0.2, 0.25) is 0 Å². The van der Waals surface area contributed by atoms with Gasteiger partial charge in [0.25, 0.3) is 5.91 Å². The summed E-state index contributed by atoms with van der Waals surface area (Å²) in [4.78, 5) is 11.2. The SMILES string of the molecule is CN(N)C(=O)c1cc(Cl)ccc1F. The molecule has 0 saturated carbocycles. The third-order valence-electron chi connectivity index (χ3n) is 1.48. The van der Waals surface area contributed by atoms with Gasteiger partial charge in [-0.15, -0.1) is 0 Å². The highest BCUT2D eigenvalue weighted by Crippen LogP contribution is 2.15. The van der Waals surface area contributed by atoms with Crippen molar-refractivity contribution < 1.29 is 9.18 Å². The van der Waals surface area contributed by atoms with Crippen molar-refractivity contribution >= 4 is 17.5 Å². The molecule has 13 heavy (non-hydrogen) atoms. The second-order valence-corrected chi connectivity index (χ2v) is 2.98. The van der Waals surface area contributed by atoms with Gasteiger partial charge in [-0.3, -0.25) is 9.80 Å². The summed E-state index contributed by atoms with van der Waals surface area (Å²) >= 11 is 5.59. The van der Waals surface area contributed by atoms with Crippen LogP contribution in [0.2, 0.25) is 5.02 Å². The van der Waals surface area contributed by atoms with Crippen LogP contribution < -0.4 is 5.84 Å². The van der Waals surface area contributed by atoms with Crippen molar-refractivity contribution in [2.45, 2.75) is 0 Å². The van der Waals surface area contributed by atoms with E-state index in [1.807, 2.05) is 0 Å². The summed E-state index contributed by atoms with van der Waals surface area (Å²) in [7, 11) is 1.34. The maximum absolute atomic E-state index is 13.0. The number of carbonyl (C=O) groups is 1. The van der Waals surface area contributed by atoms with Gasteiger partial charge in [0.15, 0.2) is 0 Å². The molecule has 0 aromatic heterocycles. The zero-order valence-corrected chi connectivity index (χ0v) is 7.68. The molecule has 1 aromatic carbocycles. The van der Waals surface area contributed by atoms with Crippen molar-refractivity contribution in [2.24, 2.45) is 5.84 Å². The number of carbonyl (C=O) groups excluding carboxylic acids is 1. The molecule has 0 aliphatic carbocycles. The molecular formula is C8H8ClFN2O. The minimum Gasteiger partial charge on any atom is -0.280 e. The predicted molar refractivity (Wildman–Crippen MR) is 47.7 cm³/mol. The molecule has 0 aliphatic heterocycles. The lowest BCUT2D eigenvalue weighted by Gasteiger charge is -2.10. The van der Waals surface area contributed by atoms with Crippen LogP contribution >= 0.6 is 11.6 Å². The van der Waals surface area contributed by atoms with Crippen molar-refractivity contribution in [1.29, 1.82) is 0 Å². The molecule has 0 atom stereocenters. The quantitative estimate of drug-likeness (QED) is 0.425. The fourth-order valence-corrected chi connectivity index (χ4v) is 1.02. The van der Waals surface area contributed by atoms with Crippen molar-refractivity contribution in [3.05, 3.63) is 34.6 Å². The second kappa shape index (κ2) is 3.72. The summed E-state index contributed by atoms with van der Waals surface area (Å²) in [6.45, 7) is 0. The number of nitrogens with two attached hydrogens (primary N) is 1. The van der Waals surface area contributed by atoms with E-state index >= 15 is 0 Å². The van der Waals surface area contributed by atoms with Crippen LogP contribution in [0.15, 0.2) is 18.2 Å². The van der Waals surface area contributed by atoms with Crippen LogP contribution in [0.1, 0.15) is 10.4 Å². The molecule has 0 radical (unpaired) electrons. The number of nitrogens with zero attached hydrogens (tertiary/aromatic N) is 1. The highest BCUT2D eigenvalue weighted by atomic mass is 35.5. The first-order chi connectivity index (χ1) is 6.02. The summed E-state index contributed by atoms with van der Waals surface area (Å²) in [5.41, 5.74) is -0.127. The summed E-state index contributed by atoms with van der Waals surface area (Å²) in [5.74, 6) is 3.92. The minimum absolute atomic E-state index is 0.127. The van der Waals surface area contributed by atoms with Gasteiger partial charge in [-0.25, -0.2) is 10.2 Å². The first kappa shape index (κ1) is 9.95. The van der Waals surface area contributed by atoms with E-state index < -0.39 is 11.7 Å². The molecule has 70 valence electrons. The van der Waals surface area contributed by atoms with E-state index in [1.165, 1.54) is 19.2 Å². The van der Waals surface area contributed by atoms with Crippen LogP contribution in [0.5, 0.6) is 0 Å². The maximum atomic E-state index is 13.0. The van der Waals surface area contributed by atoms with E-state index in [0.29, 0.717) is 5.02 Å². The van der Waals surface area contributed by atoms with Crippen molar-refractivity contribution in [3.63, 3.8) is 0 Å². The van der Waals surface area contributed by atoms with E-state index in [1.54, 1.807) is 0 Å². The molecule has 0 fully saturated rings. The molecule has 5 heteroatoms. The average Bonchev–Trinajstić information content (AvgIpc) is 2.08. The monoisotopic (exact) mass is 202 g/mol. The van der Waals surface area contributed by atoms with Crippen LogP contribution in [0.25, 0.3) is 0 Å². The molecular weight excluding hydrogens is 195 g/mol. The van der Waals surface area contributed by atoms with E-state index in [9.17, 15) is 9.18 Å². The van der Waals surface area contributed by atoms with E-state index in [0.717, 1.165) is 11.1 Å². The van der Waals surface area contributed by atoms with Crippen molar-refractivity contribution in [2.75, 3.05) is 7.05 Å². The average molecular weight is 203 g/mol. The molecule has 1 amide bonds. The van der Waals surface area contributed by atoms with Gasteiger partial charge in [-0.1, -0.05) is 11.6 Å². The molecule has 0 aliphatic rings. The Hall–Kier alpha value is -1.13. The van der Waals surface area contributed by atoms with Crippen LogP contribution in [0.4, 0.5) is 4.39 Å². The third kappa shape index (κ3) is 2.17. The predicted octanol–water partition coefficient (Wildman–Crippen LogP) is 1.42. The number of benzene rings is 1. The summed E-state index contributed by atoms with van der Waals surface area (Å²) < 4.78 is 13.0. The Bertz CT molecular complexity index is 341. The number of hydrogen-bond donors (Lipinski definition) is 1. The van der Waals surface area contributed by atoms with Gasteiger partial charge in [0, 0.05) is 12.1 Å². The lowest BCUT2D eigenvalue weighted by atomic mass is 10.2. The number of halogens is 2. The number of hydrazine groups is 1. The third-order valence-corrected chi connectivity index (χ3v) is 1.71. The first-order valence-corrected chi connectivity index (χ1v) is 3.88. The zero-order valence-electron chi connectivity index (χ0n) is 6.92. The van der Waals surface area contributed by atoms with Gasteiger partial charge >= 0.3 is 0 Å². The Labute approximate surface area is 79.9 Å². The largest absolute Gasteiger partial charge is 0.280 e. The fourth-order valence-electron chi connectivity index (χ4n) is 0.851. The number of hydrogen-bond acceptors (Lipinski definition) is 2. The highest BCUT2D eigenvalue weighted by molar-refractivity contribution is 6.30. The molecule has 3 nitrogen and oxygen atoms in total. The van der Waals surface area contributed by atoms with E-state index in [4.69, 9.17) is 17.4 Å². The molecule has 0 bridgehead atoms. The van der Waals surface area contributed by atoms with Crippen LogP contribution in [0, 0.1) is 5.82 Å². The van der Waals surface area contributed by atoms with Crippen LogP contribution in [-0.4, -0.2) is 18.0 Å². The lowest BCUT2D eigenvalue weighted by molar-refractivity contribution is 0.0790. The molecule has 0 unspecified atom stereocenters. The Morgan fingerprint density at radius 2 is 2.23 bits per heavy atom. The molecule has 2 N–H and O–H groups in total. The normalized spacial score (nSPS) is 9.85. The van der Waals surface area contributed by atoms with Crippen molar-refractivity contribution in [3.8, 4) is 0 Å². The van der Waals surface area contributed by atoms with Gasteiger partial charge in [0.1, 0.15) is 5.82 Å². The Balaban J connectivity index is 3.13. The van der Waals surface area contributed by atoms with Gasteiger partial charge < -0.3 is 0 Å². The maximum Gasteiger partial charge on any atom is 0.270 e. The van der Waals surface area contributed by atoms with Crippen LogP contribution in [-0.2, 0) is 0 Å². The molecule has 0 heterocycles. The first-order valence-electron chi connectivity index (χ1n) is 3.50. The van der Waals surface area contributed by atoms with Gasteiger partial charge in [-0.2, -0.15) is 0 Å². The Morgan fingerprint density at radius 1 is 1.62 bits per heavy atom. The topological polar surface area (TPSA) is 46.3 Å². The standard InChI is InChI=1S/C8H8ClFN2O/c1-12(11)8(13)6-4-5(9)2-3-7(6)10/h2-4H,11H2,1H3.